The van der Waals surface area contributed by atoms with Gasteiger partial charge in [0.15, 0.2) is 0 Å². The predicted octanol–water partition coefficient (Wildman–Crippen LogP) is 1.95. The molecule has 1 atom stereocenters. The van der Waals surface area contributed by atoms with E-state index in [4.69, 9.17) is 16.2 Å². The number of ether oxygens (including phenoxy) is 1. The number of aliphatic hydroxyl groups is 1. The second-order valence-electron chi connectivity index (χ2n) is 5.69. The molecule has 1 unspecified atom stereocenters. The lowest BCUT2D eigenvalue weighted by atomic mass is 10.00. The molecule has 0 saturated carbocycles. The fourth-order valence-corrected chi connectivity index (χ4v) is 1.51. The number of carbonyl (C=O) groups is 1. The van der Waals surface area contributed by atoms with Crippen LogP contribution in [0, 0.1) is 0 Å². The second kappa shape index (κ2) is 8.92. The van der Waals surface area contributed by atoms with E-state index in [1.54, 1.807) is 38.1 Å². The summed E-state index contributed by atoms with van der Waals surface area (Å²) in [5.41, 5.74) is 10.6. The summed E-state index contributed by atoms with van der Waals surface area (Å²) < 4.78 is 5.36. The van der Waals surface area contributed by atoms with E-state index in [1.807, 2.05) is 36.4 Å². The lowest BCUT2D eigenvalue weighted by Crippen LogP contribution is -2.48. The summed E-state index contributed by atoms with van der Waals surface area (Å²) in [4.78, 5) is 10.4. The molecule has 2 rings (SSSR count). The van der Waals surface area contributed by atoms with Gasteiger partial charge < -0.3 is 21.3 Å². The van der Waals surface area contributed by atoms with Gasteiger partial charge in [-0.15, -0.1) is 0 Å². The first kappa shape index (κ1) is 18.7. The maximum atomic E-state index is 10.4. The molecule has 0 aliphatic carbocycles. The number of rotatable bonds is 5. The van der Waals surface area contributed by atoms with Gasteiger partial charge in [0.1, 0.15) is 18.5 Å². The maximum absolute atomic E-state index is 10.4. The molecule has 5 N–H and O–H groups in total. The summed E-state index contributed by atoms with van der Waals surface area (Å²) in [5, 5.41) is 9.60. The molecule has 2 aromatic carbocycles. The first-order valence-electron chi connectivity index (χ1n) is 7.30. The van der Waals surface area contributed by atoms with Crippen LogP contribution < -0.4 is 16.2 Å². The topological polar surface area (TPSA) is 98.6 Å². The van der Waals surface area contributed by atoms with E-state index in [9.17, 15) is 9.90 Å². The van der Waals surface area contributed by atoms with Crippen LogP contribution in [0.4, 0.5) is 0 Å². The molecule has 23 heavy (non-hydrogen) atoms. The number of benzene rings is 2. The van der Waals surface area contributed by atoms with E-state index in [-0.39, 0.29) is 12.5 Å². The van der Waals surface area contributed by atoms with Gasteiger partial charge in [-0.1, -0.05) is 36.4 Å². The van der Waals surface area contributed by atoms with Gasteiger partial charge in [-0.2, -0.15) is 0 Å². The van der Waals surface area contributed by atoms with Gasteiger partial charge in [-0.3, -0.25) is 4.79 Å². The quantitative estimate of drug-likeness (QED) is 0.785. The molecule has 0 aromatic heterocycles. The molecule has 0 bridgehead atoms. The average Bonchev–Trinajstić information content (AvgIpc) is 2.54. The zero-order valence-electron chi connectivity index (χ0n) is 13.5. The second-order valence-corrected chi connectivity index (χ2v) is 5.69. The van der Waals surface area contributed by atoms with Crippen molar-refractivity contribution in [2.24, 2.45) is 11.5 Å². The van der Waals surface area contributed by atoms with Gasteiger partial charge in [-0.05, 0) is 38.1 Å². The Balaban J connectivity index is 0.000000253. The van der Waals surface area contributed by atoms with Crippen molar-refractivity contribution in [3.63, 3.8) is 0 Å². The number of amides is 1. The molecule has 0 fully saturated rings. The van der Waals surface area contributed by atoms with Gasteiger partial charge >= 0.3 is 0 Å². The van der Waals surface area contributed by atoms with Crippen LogP contribution in [0.5, 0.6) is 5.75 Å². The van der Waals surface area contributed by atoms with Gasteiger partial charge in [-0.25, -0.2) is 0 Å². The van der Waals surface area contributed by atoms with E-state index in [0.29, 0.717) is 5.56 Å². The number of carbonyl (C=O) groups excluding carboxylic acids is 1. The Bertz CT molecular complexity index is 580. The molecular formula is C18H24N2O3. The highest BCUT2D eigenvalue weighted by molar-refractivity contribution is 5.92. The number of hydrogen-bond donors (Lipinski definition) is 3. The van der Waals surface area contributed by atoms with Crippen LogP contribution in [-0.4, -0.2) is 29.3 Å². The maximum Gasteiger partial charge on any atom is 0.248 e. The van der Waals surface area contributed by atoms with Crippen LogP contribution in [0.3, 0.4) is 0 Å². The Morgan fingerprint density at radius 1 is 1.09 bits per heavy atom. The molecule has 0 heterocycles. The molecule has 5 nitrogen and oxygen atoms in total. The van der Waals surface area contributed by atoms with Crippen molar-refractivity contribution in [3.8, 4) is 5.75 Å². The minimum absolute atomic E-state index is 0.216. The van der Waals surface area contributed by atoms with Crippen molar-refractivity contribution in [2.45, 2.75) is 25.5 Å². The third-order valence-electron chi connectivity index (χ3n) is 3.07. The molecule has 0 aliphatic heterocycles. The number of para-hydroxylation sites is 1. The van der Waals surface area contributed by atoms with Crippen molar-refractivity contribution in [3.05, 3.63) is 66.2 Å². The smallest absolute Gasteiger partial charge is 0.248 e. The standard InChI is InChI=1S/C11H17NO2.C7H7NO/c1-11(2,12)10(13)8-14-9-6-4-3-5-7-9;8-7(9)6-4-2-1-3-5-6/h3-7,10,13H,8,12H2,1-2H3;1-5H,(H2,8,9). The van der Waals surface area contributed by atoms with Crippen molar-refractivity contribution in [1.82, 2.24) is 0 Å². The van der Waals surface area contributed by atoms with Crippen LogP contribution in [0.25, 0.3) is 0 Å². The van der Waals surface area contributed by atoms with Gasteiger partial charge in [0.25, 0.3) is 0 Å². The normalized spacial score (nSPS) is 11.8. The van der Waals surface area contributed by atoms with Crippen molar-refractivity contribution < 1.29 is 14.6 Å². The predicted molar refractivity (Wildman–Crippen MR) is 91.2 cm³/mol. The Hall–Kier alpha value is -2.37. The van der Waals surface area contributed by atoms with E-state index < -0.39 is 11.6 Å². The van der Waals surface area contributed by atoms with E-state index in [1.165, 1.54) is 0 Å². The lowest BCUT2D eigenvalue weighted by Gasteiger charge is -2.25. The molecule has 124 valence electrons. The van der Waals surface area contributed by atoms with Gasteiger partial charge in [0, 0.05) is 11.1 Å². The molecule has 0 spiro atoms. The molecule has 0 aliphatic rings. The molecule has 0 radical (unpaired) electrons. The SMILES string of the molecule is CC(C)(N)C(O)COc1ccccc1.NC(=O)c1ccccc1. The number of aliphatic hydroxyl groups excluding tert-OH is 1. The van der Waals surface area contributed by atoms with Gasteiger partial charge in [0.2, 0.25) is 5.91 Å². The fourth-order valence-electron chi connectivity index (χ4n) is 1.51. The summed E-state index contributed by atoms with van der Waals surface area (Å²) in [6.07, 6.45) is -0.664. The monoisotopic (exact) mass is 316 g/mol. The summed E-state index contributed by atoms with van der Waals surface area (Å²) in [6.45, 7) is 3.76. The fraction of sp³-hybridized carbons (Fsp3) is 0.278. The minimum Gasteiger partial charge on any atom is -0.491 e. The zero-order valence-corrected chi connectivity index (χ0v) is 13.5. The largest absolute Gasteiger partial charge is 0.491 e. The number of primary amides is 1. The van der Waals surface area contributed by atoms with Crippen LogP contribution in [0.1, 0.15) is 24.2 Å². The van der Waals surface area contributed by atoms with Crippen LogP contribution >= 0.6 is 0 Å². The van der Waals surface area contributed by atoms with Crippen LogP contribution in [-0.2, 0) is 0 Å². The molecule has 1 amide bonds. The molecule has 2 aromatic rings. The number of hydrogen-bond acceptors (Lipinski definition) is 4. The zero-order chi connectivity index (χ0) is 17.3. The van der Waals surface area contributed by atoms with E-state index in [2.05, 4.69) is 0 Å². The summed E-state index contributed by atoms with van der Waals surface area (Å²) in [6, 6.07) is 18.1. The Morgan fingerprint density at radius 3 is 1.96 bits per heavy atom. The highest BCUT2D eigenvalue weighted by Crippen LogP contribution is 2.11. The third-order valence-corrected chi connectivity index (χ3v) is 3.07. The van der Waals surface area contributed by atoms with Crippen LogP contribution in [0.15, 0.2) is 60.7 Å². The first-order valence-corrected chi connectivity index (χ1v) is 7.30. The van der Waals surface area contributed by atoms with Crippen molar-refractivity contribution >= 4 is 5.91 Å². The van der Waals surface area contributed by atoms with Crippen molar-refractivity contribution in [1.29, 1.82) is 0 Å². The molecule has 0 saturated heterocycles. The molecular weight excluding hydrogens is 292 g/mol. The average molecular weight is 316 g/mol. The van der Waals surface area contributed by atoms with E-state index >= 15 is 0 Å². The van der Waals surface area contributed by atoms with Crippen molar-refractivity contribution in [2.75, 3.05) is 6.61 Å². The highest BCUT2D eigenvalue weighted by Gasteiger charge is 2.23. The Kier molecular flexibility index (Phi) is 7.25. The summed E-state index contributed by atoms with van der Waals surface area (Å²) in [5.74, 6) is 0.367. The lowest BCUT2D eigenvalue weighted by molar-refractivity contribution is 0.0545. The Morgan fingerprint density at radius 2 is 1.57 bits per heavy atom. The minimum atomic E-state index is -0.664. The first-order chi connectivity index (χ1) is 10.8. The summed E-state index contributed by atoms with van der Waals surface area (Å²) >= 11 is 0. The van der Waals surface area contributed by atoms with E-state index in [0.717, 1.165) is 5.75 Å². The highest BCUT2D eigenvalue weighted by atomic mass is 16.5. The molecule has 5 heteroatoms. The van der Waals surface area contributed by atoms with Gasteiger partial charge in [0.05, 0.1) is 0 Å². The number of nitrogens with two attached hydrogens (primary N) is 2. The Labute approximate surface area is 136 Å². The summed E-state index contributed by atoms with van der Waals surface area (Å²) in [7, 11) is 0. The third kappa shape index (κ3) is 7.44. The van der Waals surface area contributed by atoms with Crippen LogP contribution in [0.2, 0.25) is 0 Å².